The van der Waals surface area contributed by atoms with E-state index in [2.05, 4.69) is 15.3 Å². The Morgan fingerprint density at radius 2 is 2.00 bits per heavy atom. The highest BCUT2D eigenvalue weighted by atomic mass is 32.2. The number of aromatic nitrogens is 2. The summed E-state index contributed by atoms with van der Waals surface area (Å²) in [5.74, 6) is -1.45. The van der Waals surface area contributed by atoms with Gasteiger partial charge >= 0.3 is 0 Å². The standard InChI is InChI=1S/C13H15F2N3OS/c1-7(12(5-19)20-2)18-13-8-3-9(14)10(15)4-11(8)16-6-17-13/h3-4,6-7,12,19H,5H2,1-2H3,(H,16,17,18). The maximum atomic E-state index is 13.4. The van der Waals surface area contributed by atoms with Crippen molar-refractivity contribution in [2.45, 2.75) is 18.2 Å². The van der Waals surface area contributed by atoms with Crippen LogP contribution in [0, 0.1) is 11.6 Å². The average molecular weight is 299 g/mol. The van der Waals surface area contributed by atoms with E-state index in [1.165, 1.54) is 18.1 Å². The number of benzene rings is 1. The fourth-order valence-electron chi connectivity index (χ4n) is 1.91. The van der Waals surface area contributed by atoms with E-state index < -0.39 is 11.6 Å². The Labute approximate surface area is 119 Å². The molecular weight excluding hydrogens is 284 g/mol. The molecule has 0 spiro atoms. The molecule has 108 valence electrons. The second-order valence-corrected chi connectivity index (χ2v) is 5.47. The number of hydrogen-bond donors (Lipinski definition) is 2. The molecule has 2 atom stereocenters. The third-order valence-corrected chi connectivity index (χ3v) is 4.24. The van der Waals surface area contributed by atoms with Gasteiger partial charge in [-0.2, -0.15) is 11.8 Å². The van der Waals surface area contributed by atoms with Crippen LogP contribution in [0.5, 0.6) is 0 Å². The van der Waals surface area contributed by atoms with Crippen molar-refractivity contribution in [2.75, 3.05) is 18.2 Å². The minimum atomic E-state index is -0.938. The topological polar surface area (TPSA) is 58.0 Å². The first-order chi connectivity index (χ1) is 9.56. The maximum Gasteiger partial charge on any atom is 0.161 e. The van der Waals surface area contributed by atoms with Crippen molar-refractivity contribution in [1.82, 2.24) is 9.97 Å². The van der Waals surface area contributed by atoms with E-state index in [1.807, 2.05) is 13.2 Å². The minimum Gasteiger partial charge on any atom is -0.395 e. The van der Waals surface area contributed by atoms with Gasteiger partial charge in [0.2, 0.25) is 0 Å². The number of hydrogen-bond acceptors (Lipinski definition) is 5. The zero-order chi connectivity index (χ0) is 14.7. The lowest BCUT2D eigenvalue weighted by atomic mass is 10.2. The molecule has 0 radical (unpaired) electrons. The first kappa shape index (κ1) is 14.9. The second-order valence-electron chi connectivity index (χ2n) is 4.40. The molecular formula is C13H15F2N3OS. The predicted molar refractivity (Wildman–Crippen MR) is 76.9 cm³/mol. The van der Waals surface area contributed by atoms with Crippen LogP contribution in [0.4, 0.5) is 14.6 Å². The minimum absolute atomic E-state index is 0.0152. The van der Waals surface area contributed by atoms with Crippen LogP contribution in [-0.2, 0) is 0 Å². The summed E-state index contributed by atoms with van der Waals surface area (Å²) >= 11 is 1.52. The molecule has 1 aromatic heterocycles. The lowest BCUT2D eigenvalue weighted by Gasteiger charge is -2.22. The number of fused-ring (bicyclic) bond motifs is 1. The van der Waals surface area contributed by atoms with Crippen LogP contribution < -0.4 is 5.32 Å². The van der Waals surface area contributed by atoms with Crippen LogP contribution in [0.3, 0.4) is 0 Å². The van der Waals surface area contributed by atoms with Crippen molar-refractivity contribution in [2.24, 2.45) is 0 Å². The quantitative estimate of drug-likeness (QED) is 0.888. The Kier molecular flexibility index (Phi) is 4.72. The van der Waals surface area contributed by atoms with E-state index in [0.29, 0.717) is 16.7 Å². The maximum absolute atomic E-state index is 13.4. The van der Waals surface area contributed by atoms with Crippen molar-refractivity contribution in [3.8, 4) is 0 Å². The lowest BCUT2D eigenvalue weighted by molar-refractivity contribution is 0.288. The second kappa shape index (κ2) is 6.32. The fraction of sp³-hybridized carbons (Fsp3) is 0.385. The molecule has 2 unspecified atom stereocenters. The normalized spacial score (nSPS) is 14.2. The van der Waals surface area contributed by atoms with Gasteiger partial charge in [-0.05, 0) is 19.2 Å². The molecule has 0 saturated carbocycles. The van der Waals surface area contributed by atoms with Crippen molar-refractivity contribution in [3.05, 3.63) is 30.1 Å². The van der Waals surface area contributed by atoms with Gasteiger partial charge in [0.1, 0.15) is 12.1 Å². The molecule has 7 heteroatoms. The largest absolute Gasteiger partial charge is 0.395 e. The third kappa shape index (κ3) is 2.99. The summed E-state index contributed by atoms with van der Waals surface area (Å²) in [7, 11) is 0. The molecule has 0 fully saturated rings. The highest BCUT2D eigenvalue weighted by molar-refractivity contribution is 7.99. The van der Waals surface area contributed by atoms with Crippen molar-refractivity contribution >= 4 is 28.5 Å². The number of nitrogens with one attached hydrogen (secondary N) is 1. The van der Waals surface area contributed by atoms with E-state index in [-0.39, 0.29) is 17.9 Å². The van der Waals surface area contributed by atoms with Gasteiger partial charge in [0, 0.05) is 22.7 Å². The number of aliphatic hydroxyl groups excluding tert-OH is 1. The molecule has 1 aromatic carbocycles. The molecule has 0 aliphatic heterocycles. The SMILES string of the molecule is CSC(CO)C(C)Nc1ncnc2cc(F)c(F)cc12. The Bertz CT molecular complexity index is 607. The highest BCUT2D eigenvalue weighted by Gasteiger charge is 2.17. The summed E-state index contributed by atoms with van der Waals surface area (Å²) in [6.07, 6.45) is 3.19. The number of nitrogens with zero attached hydrogens (tertiary/aromatic N) is 2. The van der Waals surface area contributed by atoms with Gasteiger partial charge in [0.05, 0.1) is 12.1 Å². The number of rotatable bonds is 5. The predicted octanol–water partition coefficient (Wildman–Crippen LogP) is 2.43. The van der Waals surface area contributed by atoms with E-state index in [0.717, 1.165) is 12.1 Å². The molecule has 1 heterocycles. The molecule has 0 saturated heterocycles. The van der Waals surface area contributed by atoms with E-state index in [4.69, 9.17) is 0 Å². The van der Waals surface area contributed by atoms with Crippen LogP contribution in [0.2, 0.25) is 0 Å². The van der Waals surface area contributed by atoms with E-state index in [1.54, 1.807) is 0 Å². The van der Waals surface area contributed by atoms with Crippen molar-refractivity contribution < 1.29 is 13.9 Å². The molecule has 0 amide bonds. The molecule has 0 aliphatic rings. The Morgan fingerprint density at radius 1 is 1.30 bits per heavy atom. The van der Waals surface area contributed by atoms with Crippen LogP contribution in [0.25, 0.3) is 10.9 Å². The van der Waals surface area contributed by atoms with Gasteiger partial charge in [0.15, 0.2) is 11.6 Å². The van der Waals surface area contributed by atoms with E-state index in [9.17, 15) is 13.9 Å². The molecule has 20 heavy (non-hydrogen) atoms. The molecule has 0 aliphatic carbocycles. The summed E-state index contributed by atoms with van der Waals surface area (Å²) < 4.78 is 26.5. The Balaban J connectivity index is 2.37. The van der Waals surface area contributed by atoms with Crippen LogP contribution in [0.15, 0.2) is 18.5 Å². The van der Waals surface area contributed by atoms with Crippen LogP contribution in [-0.4, -0.2) is 39.2 Å². The number of halogens is 2. The number of aliphatic hydroxyl groups is 1. The van der Waals surface area contributed by atoms with Gasteiger partial charge in [0.25, 0.3) is 0 Å². The monoisotopic (exact) mass is 299 g/mol. The van der Waals surface area contributed by atoms with Crippen LogP contribution in [0.1, 0.15) is 6.92 Å². The smallest absolute Gasteiger partial charge is 0.161 e. The van der Waals surface area contributed by atoms with E-state index >= 15 is 0 Å². The zero-order valence-corrected chi connectivity index (χ0v) is 11.9. The fourth-order valence-corrected chi connectivity index (χ4v) is 2.54. The molecule has 2 N–H and O–H groups in total. The summed E-state index contributed by atoms with van der Waals surface area (Å²) in [4.78, 5) is 7.99. The average Bonchev–Trinajstić information content (AvgIpc) is 2.42. The van der Waals surface area contributed by atoms with Gasteiger partial charge in [-0.3, -0.25) is 0 Å². The molecule has 4 nitrogen and oxygen atoms in total. The number of anilines is 1. The lowest BCUT2D eigenvalue weighted by Crippen LogP contribution is -2.31. The molecule has 0 bridgehead atoms. The van der Waals surface area contributed by atoms with Gasteiger partial charge in [-0.15, -0.1) is 0 Å². The Hall–Kier alpha value is -1.47. The zero-order valence-electron chi connectivity index (χ0n) is 11.1. The molecule has 2 rings (SSSR count). The van der Waals surface area contributed by atoms with Gasteiger partial charge in [-0.25, -0.2) is 18.7 Å². The summed E-state index contributed by atoms with van der Waals surface area (Å²) in [6.45, 7) is 1.91. The Morgan fingerprint density at radius 3 is 2.65 bits per heavy atom. The van der Waals surface area contributed by atoms with Gasteiger partial charge < -0.3 is 10.4 Å². The third-order valence-electron chi connectivity index (χ3n) is 3.08. The summed E-state index contributed by atoms with van der Waals surface area (Å²) in [5, 5.41) is 12.8. The first-order valence-corrected chi connectivity index (χ1v) is 7.35. The van der Waals surface area contributed by atoms with Crippen molar-refractivity contribution in [3.63, 3.8) is 0 Å². The first-order valence-electron chi connectivity index (χ1n) is 6.06. The van der Waals surface area contributed by atoms with Gasteiger partial charge in [-0.1, -0.05) is 0 Å². The summed E-state index contributed by atoms with van der Waals surface area (Å²) in [6, 6.07) is 2.04. The molecule has 2 aromatic rings. The van der Waals surface area contributed by atoms with Crippen molar-refractivity contribution in [1.29, 1.82) is 0 Å². The highest BCUT2D eigenvalue weighted by Crippen LogP contribution is 2.24. The number of thioether (sulfide) groups is 1. The summed E-state index contributed by atoms with van der Waals surface area (Å²) in [5.41, 5.74) is 0.332. The van der Waals surface area contributed by atoms with Crippen LogP contribution >= 0.6 is 11.8 Å².